The fourth-order valence-corrected chi connectivity index (χ4v) is 1.22. The van der Waals surface area contributed by atoms with Crippen molar-refractivity contribution < 1.29 is 24.5 Å². The minimum atomic E-state index is -1.07. The number of nitrogens with two attached hydrogens (primary N) is 1. The molecule has 4 atom stereocenters. The van der Waals surface area contributed by atoms with E-state index in [9.17, 15) is 9.59 Å². The van der Waals surface area contributed by atoms with Crippen molar-refractivity contribution in [3.63, 3.8) is 0 Å². The van der Waals surface area contributed by atoms with Gasteiger partial charge in [-0.25, -0.2) is 0 Å². The summed E-state index contributed by atoms with van der Waals surface area (Å²) in [5.41, 5.74) is 4.47. The van der Waals surface area contributed by atoms with E-state index in [2.05, 4.69) is 5.73 Å². The fourth-order valence-electron chi connectivity index (χ4n) is 1.22. The van der Waals surface area contributed by atoms with Gasteiger partial charge in [-0.15, -0.1) is 0 Å². The Kier molecular flexibility index (Phi) is 6.07. The predicted octanol–water partition coefficient (Wildman–Crippen LogP) is -1.42. The van der Waals surface area contributed by atoms with Crippen molar-refractivity contribution in [2.24, 2.45) is 5.73 Å². The highest BCUT2D eigenvalue weighted by Crippen LogP contribution is 2.18. The molecule has 0 spiro atoms. The molecule has 0 bridgehead atoms. The number of primary amides is 1. The van der Waals surface area contributed by atoms with Gasteiger partial charge >= 0.3 is 0 Å². The number of hydrogen-bond acceptors (Lipinski definition) is 5. The zero-order valence-corrected chi connectivity index (χ0v) is 8.79. The maximum atomic E-state index is 10.3. The molecule has 1 rings (SSSR count). The van der Waals surface area contributed by atoms with Crippen molar-refractivity contribution in [3.05, 3.63) is 0 Å². The smallest absolute Gasteiger partial charge is 0.214 e. The molecule has 6 nitrogen and oxygen atoms in total. The third kappa shape index (κ3) is 5.46. The van der Waals surface area contributed by atoms with Gasteiger partial charge < -0.3 is 25.5 Å². The Morgan fingerprint density at radius 2 is 2.00 bits per heavy atom. The van der Waals surface area contributed by atoms with Crippen molar-refractivity contribution >= 4 is 12.2 Å². The van der Waals surface area contributed by atoms with Crippen LogP contribution in [-0.2, 0) is 14.3 Å². The molecule has 1 unspecified atom stereocenters. The van der Waals surface area contributed by atoms with Crippen LogP contribution < -0.4 is 5.73 Å². The highest BCUT2D eigenvalue weighted by molar-refractivity contribution is 5.70. The Morgan fingerprint density at radius 1 is 1.53 bits per heavy atom. The van der Waals surface area contributed by atoms with Crippen molar-refractivity contribution in [2.75, 3.05) is 0 Å². The van der Waals surface area contributed by atoms with Crippen LogP contribution in [0.25, 0.3) is 0 Å². The van der Waals surface area contributed by atoms with Gasteiger partial charge in [-0.3, -0.25) is 4.79 Å². The summed E-state index contributed by atoms with van der Waals surface area (Å²) in [6.45, 7) is 3.06. The van der Waals surface area contributed by atoms with E-state index < -0.39 is 18.3 Å². The third-order valence-corrected chi connectivity index (χ3v) is 1.83. The van der Waals surface area contributed by atoms with Crippen LogP contribution in [-0.4, -0.2) is 46.8 Å². The topological polar surface area (TPSA) is 110 Å². The van der Waals surface area contributed by atoms with Gasteiger partial charge in [-0.2, -0.15) is 0 Å². The first-order valence-electron chi connectivity index (χ1n) is 4.61. The van der Waals surface area contributed by atoms with Crippen molar-refractivity contribution in [1.82, 2.24) is 0 Å². The third-order valence-electron chi connectivity index (χ3n) is 1.83. The molecule has 0 saturated carbocycles. The largest absolute Gasteiger partial charge is 0.390 e. The number of ether oxygens (including phenoxy) is 1. The first-order chi connectivity index (χ1) is 6.88. The van der Waals surface area contributed by atoms with Crippen LogP contribution >= 0.6 is 0 Å². The van der Waals surface area contributed by atoms with Gasteiger partial charge in [0, 0.05) is 13.3 Å². The highest BCUT2D eigenvalue weighted by Gasteiger charge is 2.34. The zero-order valence-electron chi connectivity index (χ0n) is 8.79. The summed E-state index contributed by atoms with van der Waals surface area (Å²) in [7, 11) is 0. The maximum Gasteiger partial charge on any atom is 0.214 e. The predicted molar refractivity (Wildman–Crippen MR) is 51.9 cm³/mol. The lowest BCUT2D eigenvalue weighted by Crippen LogP contribution is -2.48. The van der Waals surface area contributed by atoms with E-state index in [0.29, 0.717) is 12.7 Å². The molecule has 1 heterocycles. The average Bonchev–Trinajstić information content (AvgIpc) is 2.10. The van der Waals surface area contributed by atoms with Gasteiger partial charge in [-0.1, -0.05) is 0 Å². The molecule has 4 N–H and O–H groups in total. The van der Waals surface area contributed by atoms with Crippen LogP contribution in [0.5, 0.6) is 0 Å². The molecular formula is C9H17NO5. The molecule has 15 heavy (non-hydrogen) atoms. The molecule has 1 fully saturated rings. The molecule has 0 aromatic rings. The standard InChI is InChI=1S/C7H12O4.C2H5NO/c1-4-2-5(9)7(10)6(3-8)11-4;1-2(3)4/h3-7,9-10H,2H2,1H3;1H3,(H2,3,4)/t4?,5-,6-,7-;/m1./s1. The number of amides is 1. The zero-order chi connectivity index (χ0) is 12.0. The summed E-state index contributed by atoms with van der Waals surface area (Å²) < 4.78 is 5.04. The van der Waals surface area contributed by atoms with Gasteiger partial charge in [-0.05, 0) is 6.92 Å². The Hall–Kier alpha value is -0.980. The molecule has 1 aliphatic heterocycles. The monoisotopic (exact) mass is 219 g/mol. The molecule has 6 heteroatoms. The normalized spacial score (nSPS) is 34.9. The molecule has 1 saturated heterocycles. The second-order valence-corrected chi connectivity index (χ2v) is 3.45. The van der Waals surface area contributed by atoms with Gasteiger partial charge in [0.2, 0.25) is 5.91 Å². The van der Waals surface area contributed by atoms with Crippen LogP contribution in [0.1, 0.15) is 20.3 Å². The van der Waals surface area contributed by atoms with Crippen molar-refractivity contribution in [2.45, 2.75) is 44.7 Å². The summed E-state index contributed by atoms with van der Waals surface area (Å²) in [6.07, 6.45) is -2.04. The van der Waals surface area contributed by atoms with E-state index in [4.69, 9.17) is 14.9 Å². The van der Waals surface area contributed by atoms with E-state index in [1.165, 1.54) is 6.92 Å². The summed E-state index contributed by atoms with van der Waals surface area (Å²) in [5, 5.41) is 18.3. The molecule has 88 valence electrons. The molecule has 0 aromatic heterocycles. The fraction of sp³-hybridized carbons (Fsp3) is 0.778. The number of aliphatic hydroxyl groups excluding tert-OH is 2. The number of aldehydes is 1. The summed E-state index contributed by atoms with van der Waals surface area (Å²) in [4.78, 5) is 19.5. The van der Waals surface area contributed by atoms with E-state index in [-0.39, 0.29) is 12.0 Å². The second kappa shape index (κ2) is 6.49. The minimum absolute atomic E-state index is 0.163. The number of aliphatic hydroxyl groups is 2. The number of carbonyl (C=O) groups excluding carboxylic acids is 2. The molecular weight excluding hydrogens is 202 g/mol. The summed E-state index contributed by atoms with van der Waals surface area (Å²) in [5.74, 6) is -0.333. The van der Waals surface area contributed by atoms with Gasteiger partial charge in [0.05, 0.1) is 12.2 Å². The Balaban J connectivity index is 0.000000423. The van der Waals surface area contributed by atoms with Gasteiger partial charge in [0.25, 0.3) is 0 Å². The second-order valence-electron chi connectivity index (χ2n) is 3.45. The van der Waals surface area contributed by atoms with Crippen LogP contribution in [0, 0.1) is 0 Å². The number of rotatable bonds is 1. The Bertz CT molecular complexity index is 217. The van der Waals surface area contributed by atoms with Crippen molar-refractivity contribution in [1.29, 1.82) is 0 Å². The molecule has 0 radical (unpaired) electrons. The SMILES string of the molecule is CC(N)=O.CC1C[C@@H](O)[C@@H](O)[C@@H](C=O)O1. The molecule has 0 aliphatic carbocycles. The van der Waals surface area contributed by atoms with Crippen LogP contribution in [0.2, 0.25) is 0 Å². The maximum absolute atomic E-state index is 10.3. The van der Waals surface area contributed by atoms with Gasteiger partial charge in [0.15, 0.2) is 6.29 Å². The summed E-state index contributed by atoms with van der Waals surface area (Å²) >= 11 is 0. The molecule has 1 aliphatic rings. The highest BCUT2D eigenvalue weighted by atomic mass is 16.5. The lowest BCUT2D eigenvalue weighted by atomic mass is 9.99. The first kappa shape index (κ1) is 14.0. The number of hydrogen-bond donors (Lipinski definition) is 3. The minimum Gasteiger partial charge on any atom is -0.390 e. The number of carbonyl (C=O) groups is 2. The molecule has 1 amide bonds. The average molecular weight is 219 g/mol. The van der Waals surface area contributed by atoms with Gasteiger partial charge in [0.1, 0.15) is 12.2 Å². The lowest BCUT2D eigenvalue weighted by molar-refractivity contribution is -0.167. The Morgan fingerprint density at radius 3 is 2.40 bits per heavy atom. The van der Waals surface area contributed by atoms with E-state index in [1.54, 1.807) is 6.92 Å². The van der Waals surface area contributed by atoms with Crippen molar-refractivity contribution in [3.8, 4) is 0 Å². The van der Waals surface area contributed by atoms with E-state index >= 15 is 0 Å². The van der Waals surface area contributed by atoms with Crippen LogP contribution in [0.15, 0.2) is 0 Å². The van der Waals surface area contributed by atoms with Crippen LogP contribution in [0.3, 0.4) is 0 Å². The van der Waals surface area contributed by atoms with E-state index in [1.807, 2.05) is 0 Å². The van der Waals surface area contributed by atoms with Crippen LogP contribution in [0.4, 0.5) is 0 Å². The van der Waals surface area contributed by atoms with E-state index in [0.717, 1.165) is 0 Å². The molecule has 0 aromatic carbocycles. The lowest BCUT2D eigenvalue weighted by Gasteiger charge is -2.32. The first-order valence-corrected chi connectivity index (χ1v) is 4.61. The quantitative estimate of drug-likeness (QED) is 0.469. The Labute approximate surface area is 88.0 Å². The summed E-state index contributed by atoms with van der Waals surface area (Å²) in [6, 6.07) is 0.